The fraction of sp³-hybridized carbons (Fsp3) is 0.400. The number of nitrogens with one attached hydrogen (secondary N) is 2. The second-order valence-electron chi connectivity index (χ2n) is 5.11. The summed E-state index contributed by atoms with van der Waals surface area (Å²) in [5.41, 5.74) is 0. The Morgan fingerprint density at radius 3 is 2.60 bits per heavy atom. The molecule has 25 heavy (non-hydrogen) atoms. The third-order valence-corrected chi connectivity index (χ3v) is 6.39. The van der Waals surface area contributed by atoms with Gasteiger partial charge in [-0.25, -0.2) is 8.42 Å². The molecule has 0 aliphatic carbocycles. The molecule has 136 valence electrons. The summed E-state index contributed by atoms with van der Waals surface area (Å²) in [5.74, 6) is 0.207. The van der Waals surface area contributed by atoms with Gasteiger partial charge in [0.25, 0.3) is 0 Å². The first-order valence-electron chi connectivity index (χ1n) is 7.66. The van der Waals surface area contributed by atoms with Crippen molar-refractivity contribution >= 4 is 44.2 Å². The highest BCUT2D eigenvalue weighted by Crippen LogP contribution is 2.17. The van der Waals surface area contributed by atoms with Crippen molar-refractivity contribution in [2.45, 2.75) is 30.7 Å². The maximum absolute atomic E-state index is 12.5. The SMILES string of the molecule is CCc1nnc(NC(=O)[C@H](CCSC)NS(=O)(=O)c2ccccc2)s1. The summed E-state index contributed by atoms with van der Waals surface area (Å²) >= 11 is 2.82. The number of amides is 1. The number of hydrogen-bond donors (Lipinski definition) is 2. The molecule has 7 nitrogen and oxygen atoms in total. The molecule has 1 aromatic carbocycles. The second kappa shape index (κ2) is 9.27. The predicted octanol–water partition coefficient (Wildman–Crippen LogP) is 2.14. The minimum Gasteiger partial charge on any atom is -0.299 e. The number of nitrogens with zero attached hydrogens (tertiary/aromatic N) is 2. The van der Waals surface area contributed by atoms with Crippen molar-refractivity contribution in [3.8, 4) is 0 Å². The highest BCUT2D eigenvalue weighted by Gasteiger charge is 2.26. The molecule has 2 aromatic rings. The molecule has 0 aliphatic rings. The van der Waals surface area contributed by atoms with Gasteiger partial charge in [0, 0.05) is 0 Å². The Kier molecular flexibility index (Phi) is 7.36. The van der Waals surface area contributed by atoms with Crippen molar-refractivity contribution < 1.29 is 13.2 Å². The average Bonchev–Trinajstić information content (AvgIpc) is 3.06. The standard InChI is InChI=1S/C15H20N4O3S3/c1-3-13-17-18-15(24-13)16-14(20)12(9-10-23-2)19-25(21,22)11-7-5-4-6-8-11/h4-8,12,19H,3,9-10H2,1-2H3,(H,16,18,20)/t12-/m0/s1. The van der Waals surface area contributed by atoms with Gasteiger partial charge in [0.1, 0.15) is 11.0 Å². The van der Waals surface area contributed by atoms with E-state index in [-0.39, 0.29) is 4.90 Å². The molecular weight excluding hydrogens is 380 g/mol. The van der Waals surface area contributed by atoms with Crippen LogP contribution in [0.4, 0.5) is 5.13 Å². The van der Waals surface area contributed by atoms with Crippen molar-refractivity contribution in [2.24, 2.45) is 0 Å². The zero-order valence-corrected chi connectivity index (χ0v) is 16.4. The van der Waals surface area contributed by atoms with Crippen LogP contribution in [0.3, 0.4) is 0 Å². The Morgan fingerprint density at radius 2 is 2.00 bits per heavy atom. The van der Waals surface area contributed by atoms with E-state index in [1.165, 1.54) is 23.5 Å². The molecule has 0 aliphatic heterocycles. The summed E-state index contributed by atoms with van der Waals surface area (Å²) in [6.45, 7) is 1.95. The summed E-state index contributed by atoms with van der Waals surface area (Å²) in [7, 11) is -3.78. The summed E-state index contributed by atoms with van der Waals surface area (Å²) in [4.78, 5) is 12.6. The van der Waals surface area contributed by atoms with Gasteiger partial charge in [-0.2, -0.15) is 16.5 Å². The van der Waals surface area contributed by atoms with Gasteiger partial charge in [-0.1, -0.05) is 36.5 Å². The van der Waals surface area contributed by atoms with Crippen molar-refractivity contribution in [2.75, 3.05) is 17.3 Å². The van der Waals surface area contributed by atoms with E-state index in [4.69, 9.17) is 0 Å². The molecular formula is C15H20N4O3S3. The molecule has 2 rings (SSSR count). The molecule has 0 spiro atoms. The van der Waals surface area contributed by atoms with Crippen molar-refractivity contribution in [1.82, 2.24) is 14.9 Å². The number of carbonyl (C=O) groups is 1. The molecule has 1 heterocycles. The number of anilines is 1. The summed E-state index contributed by atoms with van der Waals surface area (Å²) in [6.07, 6.45) is 3.00. The van der Waals surface area contributed by atoms with E-state index in [0.717, 1.165) is 11.4 Å². The van der Waals surface area contributed by atoms with Gasteiger partial charge in [0.2, 0.25) is 21.1 Å². The third-order valence-electron chi connectivity index (χ3n) is 3.28. The number of hydrogen-bond acceptors (Lipinski definition) is 7. The van der Waals surface area contributed by atoms with Gasteiger partial charge < -0.3 is 0 Å². The van der Waals surface area contributed by atoms with Crippen LogP contribution in [0.2, 0.25) is 0 Å². The largest absolute Gasteiger partial charge is 0.299 e. The minimum atomic E-state index is -3.78. The lowest BCUT2D eigenvalue weighted by atomic mass is 10.2. The molecule has 0 bridgehead atoms. The van der Waals surface area contributed by atoms with Gasteiger partial charge in [0.05, 0.1) is 4.90 Å². The van der Waals surface area contributed by atoms with Crippen LogP contribution in [0.1, 0.15) is 18.4 Å². The Bertz CT molecular complexity index is 793. The van der Waals surface area contributed by atoms with Crippen LogP contribution in [-0.2, 0) is 21.2 Å². The first-order chi connectivity index (χ1) is 12.0. The number of rotatable bonds is 9. The molecule has 2 N–H and O–H groups in total. The number of aryl methyl sites for hydroxylation is 1. The van der Waals surface area contributed by atoms with E-state index in [2.05, 4.69) is 20.2 Å². The number of benzene rings is 1. The molecule has 1 aromatic heterocycles. The van der Waals surface area contributed by atoms with E-state index < -0.39 is 22.0 Å². The fourth-order valence-corrected chi connectivity index (χ4v) is 4.38. The van der Waals surface area contributed by atoms with E-state index in [9.17, 15) is 13.2 Å². The van der Waals surface area contributed by atoms with E-state index in [1.54, 1.807) is 30.0 Å². The van der Waals surface area contributed by atoms with E-state index in [0.29, 0.717) is 17.3 Å². The summed E-state index contributed by atoms with van der Waals surface area (Å²) in [6, 6.07) is 7.11. The zero-order valence-electron chi connectivity index (χ0n) is 13.9. The normalized spacial score (nSPS) is 12.7. The number of aromatic nitrogens is 2. The number of carbonyl (C=O) groups excluding carboxylic acids is 1. The molecule has 0 radical (unpaired) electrons. The molecule has 0 unspecified atom stereocenters. The van der Waals surface area contributed by atoms with Crippen LogP contribution in [0.25, 0.3) is 0 Å². The first-order valence-corrected chi connectivity index (χ1v) is 11.3. The molecule has 0 saturated carbocycles. The van der Waals surface area contributed by atoms with Crippen molar-refractivity contribution in [1.29, 1.82) is 0 Å². The average molecular weight is 401 g/mol. The minimum absolute atomic E-state index is 0.126. The topological polar surface area (TPSA) is 101 Å². The van der Waals surface area contributed by atoms with Gasteiger partial charge in [-0.15, -0.1) is 10.2 Å². The molecule has 10 heteroatoms. The monoisotopic (exact) mass is 400 g/mol. The van der Waals surface area contributed by atoms with Gasteiger partial charge in [0.15, 0.2) is 0 Å². The lowest BCUT2D eigenvalue weighted by Gasteiger charge is -2.17. The van der Waals surface area contributed by atoms with E-state index in [1.807, 2.05) is 13.2 Å². The summed E-state index contributed by atoms with van der Waals surface area (Å²) < 4.78 is 27.5. The molecule has 0 fully saturated rings. The van der Waals surface area contributed by atoms with Crippen LogP contribution in [0.5, 0.6) is 0 Å². The smallest absolute Gasteiger partial charge is 0.244 e. The Balaban J connectivity index is 2.13. The summed E-state index contributed by atoms with van der Waals surface area (Å²) in [5, 5.41) is 11.7. The third kappa shape index (κ3) is 5.77. The van der Waals surface area contributed by atoms with Crippen LogP contribution in [0, 0.1) is 0 Å². The quantitative estimate of drug-likeness (QED) is 0.669. The van der Waals surface area contributed by atoms with Crippen molar-refractivity contribution in [3.05, 3.63) is 35.3 Å². The fourth-order valence-electron chi connectivity index (χ4n) is 1.97. The second-order valence-corrected chi connectivity index (χ2v) is 8.87. The van der Waals surface area contributed by atoms with Crippen LogP contribution in [0.15, 0.2) is 35.2 Å². The number of sulfonamides is 1. The van der Waals surface area contributed by atoms with E-state index >= 15 is 0 Å². The highest BCUT2D eigenvalue weighted by atomic mass is 32.2. The van der Waals surface area contributed by atoms with Crippen LogP contribution in [-0.4, -0.2) is 42.6 Å². The maximum Gasteiger partial charge on any atom is 0.244 e. The highest BCUT2D eigenvalue weighted by molar-refractivity contribution is 7.98. The Morgan fingerprint density at radius 1 is 1.28 bits per heavy atom. The predicted molar refractivity (Wildman–Crippen MR) is 101 cm³/mol. The molecule has 1 atom stereocenters. The lowest BCUT2D eigenvalue weighted by Crippen LogP contribution is -2.44. The molecule has 1 amide bonds. The van der Waals surface area contributed by atoms with Gasteiger partial charge in [-0.05, 0) is 37.0 Å². The van der Waals surface area contributed by atoms with Crippen LogP contribution >= 0.6 is 23.1 Å². The lowest BCUT2D eigenvalue weighted by molar-refractivity contribution is -0.117. The number of thioether (sulfide) groups is 1. The van der Waals surface area contributed by atoms with Gasteiger partial charge >= 0.3 is 0 Å². The maximum atomic E-state index is 12.5. The Labute approximate surface area is 155 Å². The van der Waals surface area contributed by atoms with Crippen LogP contribution < -0.4 is 10.0 Å². The molecule has 0 saturated heterocycles. The van der Waals surface area contributed by atoms with Crippen molar-refractivity contribution in [3.63, 3.8) is 0 Å². The Hall–Kier alpha value is -1.49. The zero-order chi connectivity index (χ0) is 18.3. The van der Waals surface area contributed by atoms with Gasteiger partial charge in [-0.3, -0.25) is 10.1 Å². The first kappa shape index (κ1) is 19.8.